The summed E-state index contributed by atoms with van der Waals surface area (Å²) in [5.41, 5.74) is 0.516. The van der Waals surface area contributed by atoms with Crippen molar-refractivity contribution in [1.82, 2.24) is 0 Å². The molecule has 0 amide bonds. The molecule has 0 bridgehead atoms. The van der Waals surface area contributed by atoms with Crippen molar-refractivity contribution < 1.29 is 5.11 Å². The third kappa shape index (κ3) is 2.33. The van der Waals surface area contributed by atoms with Crippen molar-refractivity contribution in [3.63, 3.8) is 0 Å². The van der Waals surface area contributed by atoms with E-state index in [0.717, 1.165) is 12.8 Å². The first-order valence-corrected chi connectivity index (χ1v) is 4.51. The molecule has 0 aromatic heterocycles. The van der Waals surface area contributed by atoms with Gasteiger partial charge in [0.15, 0.2) is 0 Å². The summed E-state index contributed by atoms with van der Waals surface area (Å²) in [5, 5.41) is 9.48. The Hall–Kier alpha value is -0.300. The highest BCUT2D eigenvalue weighted by Crippen LogP contribution is 2.52. The average Bonchev–Trinajstić information content (AvgIpc) is 2.70. The van der Waals surface area contributed by atoms with Gasteiger partial charge in [-0.2, -0.15) is 0 Å². The zero-order valence-electron chi connectivity index (χ0n) is 7.34. The predicted molar refractivity (Wildman–Crippen MR) is 47.4 cm³/mol. The molecule has 1 N–H and O–H groups in total. The molecule has 1 saturated carbocycles. The first-order valence-electron chi connectivity index (χ1n) is 4.51. The van der Waals surface area contributed by atoms with Crippen LogP contribution in [0.2, 0.25) is 0 Å². The number of hydrogen-bond donors (Lipinski definition) is 1. The highest BCUT2D eigenvalue weighted by Gasteiger charge is 2.41. The van der Waals surface area contributed by atoms with Gasteiger partial charge in [0, 0.05) is 0 Å². The smallest absolute Gasteiger partial charge is 0.0579 e. The van der Waals surface area contributed by atoms with Gasteiger partial charge in [0.1, 0.15) is 0 Å². The molecule has 0 heterocycles. The number of aliphatic hydroxyl groups is 1. The lowest BCUT2D eigenvalue weighted by atomic mass is 9.94. The number of hydrogen-bond acceptors (Lipinski definition) is 1. The van der Waals surface area contributed by atoms with E-state index in [9.17, 15) is 5.11 Å². The van der Waals surface area contributed by atoms with Crippen molar-refractivity contribution in [2.75, 3.05) is 0 Å². The van der Waals surface area contributed by atoms with E-state index in [1.54, 1.807) is 6.08 Å². The van der Waals surface area contributed by atoms with Gasteiger partial charge in [0.2, 0.25) is 0 Å². The summed E-state index contributed by atoms with van der Waals surface area (Å²) in [7, 11) is 0. The van der Waals surface area contributed by atoms with E-state index in [2.05, 4.69) is 13.5 Å². The molecular weight excluding hydrogens is 136 g/mol. The minimum Gasteiger partial charge on any atom is -0.393 e. The maximum absolute atomic E-state index is 9.48. The molecular formula is C10H18O. The standard InChI is InChI=1S/C10H18O/c1-3-5-9(11)8-10(4-2)6-7-10/h3,9,11H,1,4-8H2,2H3. The lowest BCUT2D eigenvalue weighted by molar-refractivity contribution is 0.137. The predicted octanol–water partition coefficient (Wildman–Crippen LogP) is 2.50. The van der Waals surface area contributed by atoms with Crippen LogP contribution < -0.4 is 0 Å². The maximum Gasteiger partial charge on any atom is 0.0579 e. The van der Waals surface area contributed by atoms with Crippen LogP contribution in [0.4, 0.5) is 0 Å². The largest absolute Gasteiger partial charge is 0.393 e. The Morgan fingerprint density at radius 1 is 1.64 bits per heavy atom. The molecule has 0 aliphatic heterocycles. The molecule has 0 saturated heterocycles. The second-order valence-corrected chi connectivity index (χ2v) is 3.74. The third-order valence-electron chi connectivity index (χ3n) is 2.81. The molecule has 0 aromatic carbocycles. The summed E-state index contributed by atoms with van der Waals surface area (Å²) < 4.78 is 0. The lowest BCUT2D eigenvalue weighted by Gasteiger charge is -2.15. The molecule has 0 aromatic rings. The Bertz CT molecular complexity index is 136. The topological polar surface area (TPSA) is 20.2 Å². The maximum atomic E-state index is 9.48. The van der Waals surface area contributed by atoms with Crippen LogP contribution in [-0.4, -0.2) is 11.2 Å². The van der Waals surface area contributed by atoms with Crippen LogP contribution in [-0.2, 0) is 0 Å². The van der Waals surface area contributed by atoms with Crippen molar-refractivity contribution in [2.45, 2.75) is 45.1 Å². The van der Waals surface area contributed by atoms with Gasteiger partial charge in [0.05, 0.1) is 6.10 Å². The van der Waals surface area contributed by atoms with Gasteiger partial charge in [-0.1, -0.05) is 19.4 Å². The molecule has 1 nitrogen and oxygen atoms in total. The highest BCUT2D eigenvalue weighted by molar-refractivity contribution is 4.94. The fraction of sp³-hybridized carbons (Fsp3) is 0.800. The summed E-state index contributed by atoms with van der Waals surface area (Å²) in [5.74, 6) is 0. The summed E-state index contributed by atoms with van der Waals surface area (Å²) >= 11 is 0. The SMILES string of the molecule is C=CCC(O)CC1(CC)CC1. The van der Waals surface area contributed by atoms with Gasteiger partial charge in [-0.3, -0.25) is 0 Å². The number of rotatable bonds is 5. The Labute approximate surface area is 69.1 Å². The van der Waals surface area contributed by atoms with Crippen LogP contribution in [0, 0.1) is 5.41 Å². The zero-order chi connectivity index (χ0) is 8.32. The molecule has 1 rings (SSSR count). The van der Waals surface area contributed by atoms with E-state index >= 15 is 0 Å². The Kier molecular flexibility index (Phi) is 2.72. The van der Waals surface area contributed by atoms with Gasteiger partial charge < -0.3 is 5.11 Å². The quantitative estimate of drug-likeness (QED) is 0.603. The van der Waals surface area contributed by atoms with E-state index in [4.69, 9.17) is 0 Å². The monoisotopic (exact) mass is 154 g/mol. The van der Waals surface area contributed by atoms with Crippen molar-refractivity contribution in [1.29, 1.82) is 0 Å². The van der Waals surface area contributed by atoms with Crippen molar-refractivity contribution in [2.24, 2.45) is 5.41 Å². The normalized spacial score (nSPS) is 22.7. The summed E-state index contributed by atoms with van der Waals surface area (Å²) in [6.07, 6.45) is 7.25. The van der Waals surface area contributed by atoms with E-state index < -0.39 is 0 Å². The molecule has 1 unspecified atom stereocenters. The highest BCUT2D eigenvalue weighted by atomic mass is 16.3. The summed E-state index contributed by atoms with van der Waals surface area (Å²) in [6.45, 7) is 5.83. The molecule has 0 radical (unpaired) electrons. The van der Waals surface area contributed by atoms with Gasteiger partial charge in [-0.15, -0.1) is 6.58 Å². The zero-order valence-corrected chi connectivity index (χ0v) is 7.34. The number of aliphatic hydroxyl groups excluding tert-OH is 1. The molecule has 1 heteroatoms. The van der Waals surface area contributed by atoms with E-state index in [1.165, 1.54) is 19.3 Å². The molecule has 1 aliphatic carbocycles. The average molecular weight is 154 g/mol. The minimum atomic E-state index is -0.144. The summed E-state index contributed by atoms with van der Waals surface area (Å²) in [6, 6.07) is 0. The molecule has 0 spiro atoms. The second-order valence-electron chi connectivity index (χ2n) is 3.74. The van der Waals surface area contributed by atoms with Crippen molar-refractivity contribution in [3.05, 3.63) is 12.7 Å². The molecule has 11 heavy (non-hydrogen) atoms. The molecule has 1 aliphatic rings. The first kappa shape index (κ1) is 8.79. The van der Waals surface area contributed by atoms with E-state index in [0.29, 0.717) is 5.41 Å². The van der Waals surface area contributed by atoms with Gasteiger partial charge in [-0.05, 0) is 31.1 Å². The van der Waals surface area contributed by atoms with Gasteiger partial charge in [0.25, 0.3) is 0 Å². The van der Waals surface area contributed by atoms with Crippen LogP contribution in [0.1, 0.15) is 39.0 Å². The van der Waals surface area contributed by atoms with Crippen LogP contribution in [0.15, 0.2) is 12.7 Å². The van der Waals surface area contributed by atoms with Gasteiger partial charge >= 0.3 is 0 Å². The Morgan fingerprint density at radius 2 is 2.27 bits per heavy atom. The first-order chi connectivity index (χ1) is 5.22. The van der Waals surface area contributed by atoms with E-state index in [-0.39, 0.29) is 6.10 Å². The fourth-order valence-corrected chi connectivity index (χ4v) is 1.65. The van der Waals surface area contributed by atoms with Crippen LogP contribution >= 0.6 is 0 Å². The van der Waals surface area contributed by atoms with Gasteiger partial charge in [-0.25, -0.2) is 0 Å². The van der Waals surface area contributed by atoms with Crippen LogP contribution in [0.5, 0.6) is 0 Å². The van der Waals surface area contributed by atoms with Crippen molar-refractivity contribution >= 4 is 0 Å². The van der Waals surface area contributed by atoms with Crippen LogP contribution in [0.25, 0.3) is 0 Å². The minimum absolute atomic E-state index is 0.144. The Balaban J connectivity index is 2.23. The fourth-order valence-electron chi connectivity index (χ4n) is 1.65. The molecule has 1 atom stereocenters. The van der Waals surface area contributed by atoms with E-state index in [1.807, 2.05) is 0 Å². The van der Waals surface area contributed by atoms with Crippen molar-refractivity contribution in [3.8, 4) is 0 Å². The third-order valence-corrected chi connectivity index (χ3v) is 2.81. The molecule has 1 fully saturated rings. The molecule has 64 valence electrons. The Morgan fingerprint density at radius 3 is 2.64 bits per heavy atom. The lowest BCUT2D eigenvalue weighted by Crippen LogP contribution is -2.12. The summed E-state index contributed by atoms with van der Waals surface area (Å²) in [4.78, 5) is 0. The van der Waals surface area contributed by atoms with Crippen LogP contribution in [0.3, 0.4) is 0 Å². The second kappa shape index (κ2) is 3.40.